The third-order valence-electron chi connectivity index (χ3n) is 8.33. The summed E-state index contributed by atoms with van der Waals surface area (Å²) in [6.07, 6.45) is 4.16. The number of aromatic nitrogens is 3. The second-order valence-corrected chi connectivity index (χ2v) is 12.6. The summed E-state index contributed by atoms with van der Waals surface area (Å²) in [4.78, 5) is 34.0. The van der Waals surface area contributed by atoms with Crippen molar-refractivity contribution in [3.8, 4) is 39.4 Å². The number of rotatable bonds is 12. The van der Waals surface area contributed by atoms with E-state index in [0.29, 0.717) is 65.4 Å². The van der Waals surface area contributed by atoms with Gasteiger partial charge in [-0.15, -0.1) is 0 Å². The molecule has 0 aliphatic carbocycles. The fourth-order valence-corrected chi connectivity index (χ4v) is 6.52. The number of carbonyl (C=O) groups is 1. The van der Waals surface area contributed by atoms with Crippen LogP contribution in [0.2, 0.25) is 10.0 Å². The van der Waals surface area contributed by atoms with E-state index >= 15 is 0 Å². The Balaban J connectivity index is 1.25. The fraction of sp³-hybridized carbons (Fsp3) is 0.278. The van der Waals surface area contributed by atoms with E-state index in [-0.39, 0.29) is 17.5 Å². The molecular formula is C36H36Cl2N6O4. The Morgan fingerprint density at radius 3 is 2.40 bits per heavy atom. The van der Waals surface area contributed by atoms with Crippen LogP contribution in [-0.4, -0.2) is 57.7 Å². The first-order valence-electron chi connectivity index (χ1n) is 15.7. The molecule has 5 aromatic rings. The average molecular weight is 688 g/mol. The maximum atomic E-state index is 13.2. The molecule has 1 saturated heterocycles. The first-order chi connectivity index (χ1) is 23.2. The monoisotopic (exact) mass is 686 g/mol. The van der Waals surface area contributed by atoms with Gasteiger partial charge in [0.25, 0.3) is 5.56 Å². The highest BCUT2D eigenvalue weighted by Crippen LogP contribution is 2.42. The number of nitrogens with one attached hydrogen (secondary N) is 3. The van der Waals surface area contributed by atoms with Gasteiger partial charge in [0.2, 0.25) is 11.8 Å². The fourth-order valence-electron chi connectivity index (χ4n) is 5.86. The topological polar surface area (TPSA) is 130 Å². The molecule has 0 bridgehead atoms. The zero-order valence-corrected chi connectivity index (χ0v) is 28.1. The maximum Gasteiger partial charge on any atom is 0.262 e. The lowest BCUT2D eigenvalue weighted by Crippen LogP contribution is -2.36. The van der Waals surface area contributed by atoms with Crippen LogP contribution in [0.3, 0.4) is 0 Å². The number of aliphatic hydroxyl groups excluding tert-OH is 1. The van der Waals surface area contributed by atoms with Crippen LogP contribution in [0.5, 0.6) is 5.88 Å². The van der Waals surface area contributed by atoms with Gasteiger partial charge in [0.05, 0.1) is 29.0 Å². The van der Waals surface area contributed by atoms with Crippen LogP contribution in [0.4, 0.5) is 0 Å². The van der Waals surface area contributed by atoms with Crippen LogP contribution in [0, 0.1) is 0 Å². The average Bonchev–Trinajstić information content (AvgIpc) is 3.50. The maximum absolute atomic E-state index is 13.2. The smallest absolute Gasteiger partial charge is 0.262 e. The summed E-state index contributed by atoms with van der Waals surface area (Å²) in [6.45, 7) is 3.62. The summed E-state index contributed by atoms with van der Waals surface area (Å²) in [7, 11) is 1.57. The predicted octanol–water partition coefficient (Wildman–Crippen LogP) is 5.24. The number of benzene rings is 2. The minimum atomic E-state index is -0.460. The molecule has 6 rings (SSSR count). The highest BCUT2D eigenvalue weighted by Gasteiger charge is 2.21. The lowest BCUT2D eigenvalue weighted by molar-refractivity contribution is -0.119. The molecule has 1 fully saturated rings. The quantitative estimate of drug-likeness (QED) is 0.140. The number of fused-ring (bicyclic) bond motifs is 1. The van der Waals surface area contributed by atoms with Crippen molar-refractivity contribution in [3.05, 3.63) is 105 Å². The van der Waals surface area contributed by atoms with Crippen LogP contribution in [0.25, 0.3) is 39.2 Å². The van der Waals surface area contributed by atoms with Crippen molar-refractivity contribution in [2.45, 2.75) is 45.0 Å². The van der Waals surface area contributed by atoms with Gasteiger partial charge in [-0.2, -0.15) is 0 Å². The Bertz CT molecular complexity index is 2030. The predicted molar refractivity (Wildman–Crippen MR) is 188 cm³/mol. The van der Waals surface area contributed by atoms with Crippen molar-refractivity contribution < 1.29 is 14.6 Å². The van der Waals surface area contributed by atoms with Crippen LogP contribution >= 0.6 is 23.2 Å². The van der Waals surface area contributed by atoms with Crippen LogP contribution in [-0.2, 0) is 17.9 Å². The third-order valence-corrected chi connectivity index (χ3v) is 9.15. The number of aliphatic hydroxyl groups is 1. The number of carbonyl (C=O) groups excluding carboxylic acids is 1. The number of ether oxygens (including phenoxy) is 1. The number of halogens is 2. The SMILES string of the molecule is COc1nc(-c2cccc(-c3cccc(-c4ccn5c(=O)c(CNC[C@H]6CCC(=O)N6)cnc5c4)c3Cl)c2Cl)ccc1CNCC(C)O. The molecule has 0 radical (unpaired) electrons. The van der Waals surface area contributed by atoms with Crippen molar-refractivity contribution >= 4 is 34.8 Å². The number of amides is 1. The summed E-state index contributed by atoms with van der Waals surface area (Å²) in [5.41, 5.74) is 6.17. The van der Waals surface area contributed by atoms with Gasteiger partial charge in [-0.25, -0.2) is 9.97 Å². The second-order valence-electron chi connectivity index (χ2n) is 11.8. The molecule has 10 nitrogen and oxygen atoms in total. The van der Waals surface area contributed by atoms with E-state index in [2.05, 4.69) is 20.9 Å². The molecule has 0 saturated carbocycles. The first-order valence-corrected chi connectivity index (χ1v) is 16.5. The molecule has 48 heavy (non-hydrogen) atoms. The number of methoxy groups -OCH3 is 1. The highest BCUT2D eigenvalue weighted by atomic mass is 35.5. The minimum absolute atomic E-state index is 0.0614. The Labute approximate surface area is 288 Å². The van der Waals surface area contributed by atoms with Gasteiger partial charge >= 0.3 is 0 Å². The summed E-state index contributed by atoms with van der Waals surface area (Å²) in [6, 6.07) is 19.1. The molecule has 0 spiro atoms. The molecule has 1 aliphatic rings. The van der Waals surface area contributed by atoms with Gasteiger partial charge in [0, 0.05) is 84.4 Å². The van der Waals surface area contributed by atoms with Crippen molar-refractivity contribution in [2.75, 3.05) is 20.2 Å². The largest absolute Gasteiger partial charge is 0.481 e. The van der Waals surface area contributed by atoms with E-state index in [1.165, 1.54) is 4.40 Å². The van der Waals surface area contributed by atoms with Gasteiger partial charge < -0.3 is 25.8 Å². The summed E-state index contributed by atoms with van der Waals surface area (Å²) < 4.78 is 7.09. The molecule has 2 atom stereocenters. The van der Waals surface area contributed by atoms with Crippen LogP contribution < -0.4 is 26.2 Å². The number of hydrogen-bond donors (Lipinski definition) is 4. The van der Waals surface area contributed by atoms with Crippen molar-refractivity contribution in [2.24, 2.45) is 0 Å². The molecular weight excluding hydrogens is 651 g/mol. The van der Waals surface area contributed by atoms with E-state index in [1.54, 1.807) is 26.4 Å². The van der Waals surface area contributed by atoms with Gasteiger partial charge in [0.1, 0.15) is 5.65 Å². The van der Waals surface area contributed by atoms with E-state index in [4.69, 9.17) is 32.9 Å². The first kappa shape index (κ1) is 33.6. The molecule has 4 N–H and O–H groups in total. The van der Waals surface area contributed by atoms with Crippen LogP contribution in [0.15, 0.2) is 77.9 Å². The molecule has 1 aliphatic heterocycles. The molecule has 1 amide bonds. The summed E-state index contributed by atoms with van der Waals surface area (Å²) >= 11 is 14.1. The lowest BCUT2D eigenvalue weighted by Gasteiger charge is -2.15. The number of hydrogen-bond acceptors (Lipinski definition) is 8. The van der Waals surface area contributed by atoms with E-state index in [0.717, 1.165) is 39.8 Å². The summed E-state index contributed by atoms with van der Waals surface area (Å²) in [5, 5.41) is 19.9. The van der Waals surface area contributed by atoms with Gasteiger partial charge in [-0.3, -0.25) is 14.0 Å². The zero-order chi connectivity index (χ0) is 33.8. The molecule has 4 heterocycles. The molecule has 12 heteroatoms. The van der Waals surface area contributed by atoms with Crippen molar-refractivity contribution in [1.82, 2.24) is 30.3 Å². The van der Waals surface area contributed by atoms with E-state index in [1.807, 2.05) is 60.7 Å². The van der Waals surface area contributed by atoms with Gasteiger partial charge in [-0.05, 0) is 37.1 Å². The van der Waals surface area contributed by atoms with Gasteiger partial charge in [0.15, 0.2) is 0 Å². The number of nitrogens with zero attached hydrogens (tertiary/aromatic N) is 3. The Morgan fingerprint density at radius 2 is 1.69 bits per heavy atom. The minimum Gasteiger partial charge on any atom is -0.481 e. The second kappa shape index (κ2) is 14.8. The lowest BCUT2D eigenvalue weighted by atomic mass is 9.97. The molecule has 3 aromatic heterocycles. The van der Waals surface area contributed by atoms with Crippen molar-refractivity contribution in [1.29, 1.82) is 0 Å². The van der Waals surface area contributed by atoms with Crippen LogP contribution in [0.1, 0.15) is 30.9 Å². The normalized spacial score (nSPS) is 15.1. The molecule has 2 aromatic carbocycles. The Kier molecular flexibility index (Phi) is 10.4. The highest BCUT2D eigenvalue weighted by molar-refractivity contribution is 6.39. The third kappa shape index (κ3) is 7.23. The van der Waals surface area contributed by atoms with E-state index < -0.39 is 6.10 Å². The zero-order valence-electron chi connectivity index (χ0n) is 26.6. The summed E-state index contributed by atoms with van der Waals surface area (Å²) in [5.74, 6) is 0.532. The Morgan fingerprint density at radius 1 is 0.979 bits per heavy atom. The number of pyridine rings is 2. The molecule has 248 valence electrons. The standard InChI is InChI=1S/C36H36Cl2N6O4/c1-21(45)16-39-17-23-9-11-30(43-35(23)48-2)29-8-4-7-28(34(29)38)27-6-3-5-26(33(27)37)22-13-14-44-31(15-22)41-19-24(36(44)47)18-40-20-25-10-12-32(46)42-25/h3-9,11,13-15,19,21,25,39-40,45H,10,12,16-18,20H2,1-2H3,(H,42,46)/t21?,25-/m1/s1. The Hall–Kier alpha value is -4.32. The van der Waals surface area contributed by atoms with E-state index in [9.17, 15) is 14.7 Å². The van der Waals surface area contributed by atoms with Crippen molar-refractivity contribution in [3.63, 3.8) is 0 Å². The molecule has 1 unspecified atom stereocenters. The van der Waals surface area contributed by atoms with Gasteiger partial charge in [-0.1, -0.05) is 65.7 Å².